The molecule has 0 fully saturated rings. The highest BCUT2D eigenvalue weighted by Crippen LogP contribution is 2.23. The summed E-state index contributed by atoms with van der Waals surface area (Å²) >= 11 is 6.06. The number of hydrogen-bond acceptors (Lipinski definition) is 7. The van der Waals surface area contributed by atoms with E-state index in [-0.39, 0.29) is 23.6 Å². The van der Waals surface area contributed by atoms with E-state index in [9.17, 15) is 19.3 Å². The fourth-order valence-electron chi connectivity index (χ4n) is 2.14. The molecule has 0 saturated carbocycles. The summed E-state index contributed by atoms with van der Waals surface area (Å²) in [5.41, 5.74) is 2.28. The Balaban J connectivity index is 1.62. The average Bonchev–Trinajstić information content (AvgIpc) is 3.11. The topological polar surface area (TPSA) is 128 Å². The fraction of sp³-hybridized carbons (Fsp3) is 0.0625. The zero-order chi connectivity index (χ0) is 20.1. The maximum Gasteiger partial charge on any atom is 0.270 e. The molecule has 0 aliphatic heterocycles. The van der Waals surface area contributed by atoms with E-state index in [1.807, 2.05) is 0 Å². The molecule has 0 bridgehead atoms. The number of rotatable bonds is 6. The van der Waals surface area contributed by atoms with Crippen molar-refractivity contribution in [2.24, 2.45) is 5.10 Å². The number of nitro benzene ring substituents is 1. The number of carbonyl (C=O) groups is 1. The number of nitrogens with zero attached hydrogens (tertiary/aromatic N) is 6. The second-order valence-electron chi connectivity index (χ2n) is 5.38. The molecule has 0 aliphatic carbocycles. The Morgan fingerprint density at radius 2 is 2.14 bits per heavy atom. The summed E-state index contributed by atoms with van der Waals surface area (Å²) in [5, 5.41) is 26.4. The Labute approximate surface area is 161 Å². The van der Waals surface area contributed by atoms with E-state index >= 15 is 0 Å². The highest BCUT2D eigenvalue weighted by Gasteiger charge is 2.12. The summed E-state index contributed by atoms with van der Waals surface area (Å²) < 4.78 is 13.6. The van der Waals surface area contributed by atoms with E-state index in [1.54, 1.807) is 24.3 Å². The standard InChI is InChI=1S/C16H11ClFN7O3/c17-13-4-2-1-3-12(13)16-21-23-24(22-16)9-15(26)20-19-8-10-7-11(25(27)28)5-6-14(10)18/h1-8H,9H2,(H,20,26)/b19-8+. The van der Waals surface area contributed by atoms with Crippen LogP contribution in [-0.4, -0.2) is 37.3 Å². The minimum atomic E-state index is -0.717. The zero-order valence-corrected chi connectivity index (χ0v) is 14.7. The first-order valence-corrected chi connectivity index (χ1v) is 8.10. The molecule has 2 aromatic carbocycles. The van der Waals surface area contributed by atoms with E-state index in [1.165, 1.54) is 0 Å². The highest BCUT2D eigenvalue weighted by atomic mass is 35.5. The van der Waals surface area contributed by atoms with Crippen molar-refractivity contribution in [3.05, 3.63) is 69.0 Å². The quantitative estimate of drug-likeness (QED) is 0.381. The number of nitrogens with one attached hydrogen (secondary N) is 1. The Morgan fingerprint density at radius 3 is 2.89 bits per heavy atom. The molecule has 3 rings (SSSR count). The van der Waals surface area contributed by atoms with E-state index < -0.39 is 16.6 Å². The molecule has 1 N–H and O–H groups in total. The molecule has 0 radical (unpaired) electrons. The van der Waals surface area contributed by atoms with Crippen LogP contribution in [0.5, 0.6) is 0 Å². The number of nitro groups is 1. The first-order valence-electron chi connectivity index (χ1n) is 7.72. The first-order chi connectivity index (χ1) is 13.4. The van der Waals surface area contributed by atoms with Crippen LogP contribution in [0.3, 0.4) is 0 Å². The molecule has 0 spiro atoms. The normalized spacial score (nSPS) is 10.9. The maximum atomic E-state index is 13.6. The third-order valence-corrected chi connectivity index (χ3v) is 3.77. The van der Waals surface area contributed by atoms with Gasteiger partial charge in [0, 0.05) is 23.3 Å². The van der Waals surface area contributed by atoms with Crippen LogP contribution in [0.4, 0.5) is 10.1 Å². The van der Waals surface area contributed by atoms with Crippen LogP contribution in [0, 0.1) is 15.9 Å². The van der Waals surface area contributed by atoms with E-state index in [0.717, 1.165) is 29.2 Å². The predicted molar refractivity (Wildman–Crippen MR) is 97.1 cm³/mol. The summed E-state index contributed by atoms with van der Waals surface area (Å²) in [5.74, 6) is -1.07. The molecule has 28 heavy (non-hydrogen) atoms. The summed E-state index contributed by atoms with van der Waals surface area (Å²) in [7, 11) is 0. The molecule has 0 saturated heterocycles. The van der Waals surface area contributed by atoms with Crippen LogP contribution in [0.2, 0.25) is 5.02 Å². The van der Waals surface area contributed by atoms with Crippen LogP contribution in [0.15, 0.2) is 47.6 Å². The van der Waals surface area contributed by atoms with Gasteiger partial charge in [-0.25, -0.2) is 9.82 Å². The molecular formula is C16H11ClFN7O3. The van der Waals surface area contributed by atoms with Gasteiger partial charge in [0.25, 0.3) is 11.6 Å². The van der Waals surface area contributed by atoms with Gasteiger partial charge in [-0.1, -0.05) is 23.7 Å². The van der Waals surface area contributed by atoms with Crippen LogP contribution < -0.4 is 5.43 Å². The van der Waals surface area contributed by atoms with Gasteiger partial charge in [-0.15, -0.1) is 10.2 Å². The third-order valence-electron chi connectivity index (χ3n) is 3.44. The number of carbonyl (C=O) groups excluding carboxylic acids is 1. The molecular weight excluding hydrogens is 393 g/mol. The minimum Gasteiger partial charge on any atom is -0.271 e. The lowest BCUT2D eigenvalue weighted by Gasteiger charge is -1.99. The Hall–Kier alpha value is -3.73. The molecule has 3 aromatic rings. The van der Waals surface area contributed by atoms with Gasteiger partial charge < -0.3 is 0 Å². The van der Waals surface area contributed by atoms with Gasteiger partial charge in [0.1, 0.15) is 12.4 Å². The molecule has 0 aliphatic rings. The first kappa shape index (κ1) is 19.0. The SMILES string of the molecule is O=C(Cn1nnc(-c2ccccc2Cl)n1)N/N=C/c1cc([N+](=O)[O-])ccc1F. The number of hydrogen-bond donors (Lipinski definition) is 1. The van der Waals surface area contributed by atoms with E-state index in [4.69, 9.17) is 11.6 Å². The number of halogens is 2. The van der Waals surface area contributed by atoms with Gasteiger partial charge >= 0.3 is 0 Å². The number of benzene rings is 2. The second-order valence-corrected chi connectivity index (χ2v) is 5.79. The Bertz CT molecular complexity index is 1070. The fourth-order valence-corrected chi connectivity index (χ4v) is 2.36. The number of hydrazone groups is 1. The summed E-state index contributed by atoms with van der Waals surface area (Å²) in [6.07, 6.45) is 0.962. The lowest BCUT2D eigenvalue weighted by molar-refractivity contribution is -0.384. The summed E-state index contributed by atoms with van der Waals surface area (Å²) in [6, 6.07) is 9.87. The van der Waals surface area contributed by atoms with Crippen LogP contribution >= 0.6 is 11.6 Å². The van der Waals surface area contributed by atoms with Crippen molar-refractivity contribution < 1.29 is 14.1 Å². The highest BCUT2D eigenvalue weighted by molar-refractivity contribution is 6.33. The van der Waals surface area contributed by atoms with Crippen molar-refractivity contribution in [3.63, 3.8) is 0 Å². The van der Waals surface area contributed by atoms with Gasteiger partial charge in [-0.05, 0) is 23.4 Å². The molecule has 0 unspecified atom stereocenters. The van der Waals surface area contributed by atoms with Gasteiger partial charge in [-0.3, -0.25) is 14.9 Å². The van der Waals surface area contributed by atoms with Gasteiger partial charge in [0.05, 0.1) is 16.2 Å². The predicted octanol–water partition coefficient (Wildman–Crippen LogP) is 2.19. The Morgan fingerprint density at radius 1 is 1.36 bits per heavy atom. The minimum absolute atomic E-state index is 0.144. The molecule has 1 amide bonds. The molecule has 12 heteroatoms. The second kappa shape index (κ2) is 8.31. The van der Waals surface area contributed by atoms with Crippen LogP contribution in [-0.2, 0) is 11.3 Å². The molecule has 1 aromatic heterocycles. The van der Waals surface area contributed by atoms with E-state index in [2.05, 4.69) is 25.9 Å². The zero-order valence-electron chi connectivity index (χ0n) is 14.0. The van der Waals surface area contributed by atoms with Crippen LogP contribution in [0.1, 0.15) is 5.56 Å². The number of tetrazole rings is 1. The van der Waals surface area contributed by atoms with Crippen molar-refractivity contribution in [2.75, 3.05) is 0 Å². The largest absolute Gasteiger partial charge is 0.271 e. The summed E-state index contributed by atoms with van der Waals surface area (Å²) in [6.45, 7) is -0.299. The van der Waals surface area contributed by atoms with Crippen molar-refractivity contribution in [2.45, 2.75) is 6.54 Å². The van der Waals surface area contributed by atoms with Crippen LogP contribution in [0.25, 0.3) is 11.4 Å². The third kappa shape index (κ3) is 4.51. The average molecular weight is 404 g/mol. The van der Waals surface area contributed by atoms with Crippen molar-refractivity contribution >= 4 is 29.4 Å². The van der Waals surface area contributed by atoms with Gasteiger partial charge in [-0.2, -0.15) is 9.90 Å². The lowest BCUT2D eigenvalue weighted by atomic mass is 10.2. The van der Waals surface area contributed by atoms with Gasteiger partial charge in [0.15, 0.2) is 0 Å². The number of amides is 1. The lowest BCUT2D eigenvalue weighted by Crippen LogP contribution is -2.24. The van der Waals surface area contributed by atoms with Crippen molar-refractivity contribution in [1.82, 2.24) is 25.6 Å². The number of non-ortho nitro benzene ring substituents is 1. The molecule has 10 nitrogen and oxygen atoms in total. The van der Waals surface area contributed by atoms with E-state index in [0.29, 0.717) is 10.6 Å². The van der Waals surface area contributed by atoms with Crippen molar-refractivity contribution in [1.29, 1.82) is 0 Å². The maximum absolute atomic E-state index is 13.6. The monoisotopic (exact) mass is 403 g/mol. The Kier molecular flexibility index (Phi) is 5.65. The molecule has 142 valence electrons. The van der Waals surface area contributed by atoms with Crippen molar-refractivity contribution in [3.8, 4) is 11.4 Å². The van der Waals surface area contributed by atoms with Gasteiger partial charge in [0.2, 0.25) is 5.82 Å². The summed E-state index contributed by atoms with van der Waals surface area (Å²) in [4.78, 5) is 23.0. The molecule has 0 atom stereocenters. The number of aromatic nitrogens is 4. The molecule has 1 heterocycles. The smallest absolute Gasteiger partial charge is 0.270 e.